The Bertz CT molecular complexity index is 2420. The number of nitrogens with one attached hydrogen (secondary N) is 6. The average Bonchev–Trinajstić information content (AvgIpc) is 3.43. The lowest BCUT2D eigenvalue weighted by atomic mass is 9.99. The molecule has 26 heteroatoms. The Morgan fingerprint density at radius 2 is 0.988 bits per heavy atom. The molecule has 3 fully saturated rings. The molecule has 450 valence electrons. The van der Waals surface area contributed by atoms with Gasteiger partial charge in [0.2, 0.25) is 59.1 Å². The Hall–Kier alpha value is -7.54. The van der Waals surface area contributed by atoms with Crippen molar-refractivity contribution in [1.82, 2.24) is 61.3 Å². The molecule has 6 atom stereocenters. The van der Waals surface area contributed by atoms with Crippen molar-refractivity contribution in [3.8, 4) is 0 Å². The van der Waals surface area contributed by atoms with Crippen LogP contribution in [0, 0.1) is 11.8 Å². The fourth-order valence-electron chi connectivity index (χ4n) is 9.97. The maximum absolute atomic E-state index is 14.6. The van der Waals surface area contributed by atoms with E-state index in [2.05, 4.69) is 31.9 Å². The molecule has 0 unspecified atom stereocenters. The third-order valence-electron chi connectivity index (χ3n) is 14.1. The number of hydrogen-bond acceptors (Lipinski definition) is 14. The molecule has 0 spiro atoms. The van der Waals surface area contributed by atoms with E-state index < -0.39 is 164 Å². The van der Waals surface area contributed by atoms with E-state index in [-0.39, 0.29) is 45.6 Å². The van der Waals surface area contributed by atoms with E-state index in [0.29, 0.717) is 31.2 Å². The summed E-state index contributed by atoms with van der Waals surface area (Å²) in [5, 5.41) is 15.7. The van der Waals surface area contributed by atoms with Gasteiger partial charge < -0.3 is 70.8 Å². The second-order valence-electron chi connectivity index (χ2n) is 22.2. The summed E-state index contributed by atoms with van der Waals surface area (Å²) in [6.07, 6.45) is 0.398. The van der Waals surface area contributed by atoms with Gasteiger partial charge in [0.05, 0.1) is 26.2 Å². The van der Waals surface area contributed by atoms with Gasteiger partial charge >= 0.3 is 12.2 Å². The smallest absolute Gasteiger partial charge is 0.408 e. The van der Waals surface area contributed by atoms with Crippen molar-refractivity contribution < 1.29 is 67.0 Å². The number of nitrogens with zero attached hydrogens (tertiary/aromatic N) is 6. The summed E-state index contributed by atoms with van der Waals surface area (Å²) in [5.74, 6) is -7.92. The molecule has 6 N–H and O–H groups in total. The minimum absolute atomic E-state index is 0.00789. The third kappa shape index (κ3) is 19.3. The molecule has 3 heterocycles. The zero-order valence-electron chi connectivity index (χ0n) is 48.9. The Kier molecular flexibility index (Phi) is 25.2. The van der Waals surface area contributed by atoms with Crippen LogP contribution >= 0.6 is 0 Å². The third-order valence-corrected chi connectivity index (χ3v) is 14.1. The second kappa shape index (κ2) is 30.9. The largest absolute Gasteiger partial charge is 0.445 e. The molecule has 81 heavy (non-hydrogen) atoms. The fourth-order valence-corrected chi connectivity index (χ4v) is 9.97. The van der Waals surface area contributed by atoms with Gasteiger partial charge in [0.25, 0.3) is 0 Å². The van der Waals surface area contributed by atoms with Crippen molar-refractivity contribution in [2.24, 2.45) is 11.8 Å². The van der Waals surface area contributed by atoms with Gasteiger partial charge in [-0.25, -0.2) is 9.59 Å². The number of carbonyl (C=O) groups is 12. The van der Waals surface area contributed by atoms with Crippen LogP contribution in [0.4, 0.5) is 9.59 Å². The Morgan fingerprint density at radius 3 is 1.37 bits per heavy atom. The molecule has 1 aromatic carbocycles. The minimum Gasteiger partial charge on any atom is -0.445 e. The number of benzene rings is 1. The zero-order valence-corrected chi connectivity index (χ0v) is 48.9. The van der Waals surface area contributed by atoms with Crippen LogP contribution in [-0.4, -0.2) is 222 Å². The van der Waals surface area contributed by atoms with E-state index in [1.54, 1.807) is 92.6 Å². The number of ether oxygens (including phenoxy) is 2. The summed E-state index contributed by atoms with van der Waals surface area (Å²) in [4.78, 5) is 175. The van der Waals surface area contributed by atoms with Gasteiger partial charge in [0, 0.05) is 53.4 Å². The van der Waals surface area contributed by atoms with E-state index in [1.165, 1.54) is 33.7 Å². The number of alkyl carbamates (subject to hydrolysis) is 2. The van der Waals surface area contributed by atoms with Crippen LogP contribution in [0.5, 0.6) is 0 Å². The summed E-state index contributed by atoms with van der Waals surface area (Å²) in [5.41, 5.74) is -0.333. The molecule has 3 aliphatic heterocycles. The Morgan fingerprint density at radius 1 is 0.580 bits per heavy atom. The number of hydrogen-bond donors (Lipinski definition) is 6. The van der Waals surface area contributed by atoms with Gasteiger partial charge in [-0.05, 0) is 90.5 Å². The predicted molar refractivity (Wildman–Crippen MR) is 295 cm³/mol. The van der Waals surface area contributed by atoms with Gasteiger partial charge in [-0.3, -0.25) is 47.9 Å². The van der Waals surface area contributed by atoms with Gasteiger partial charge in [-0.2, -0.15) is 0 Å². The molecule has 0 aliphatic carbocycles. The van der Waals surface area contributed by atoms with Crippen LogP contribution in [0.1, 0.15) is 106 Å². The second-order valence-corrected chi connectivity index (χ2v) is 22.2. The molecule has 0 radical (unpaired) electrons. The van der Waals surface area contributed by atoms with Crippen molar-refractivity contribution in [3.63, 3.8) is 0 Å². The minimum atomic E-state index is -1.50. The SMILES string of the molecule is CCN1C(=O)CN(C)C(=O)CNC(=O)[C@@H]2CCCCN2C(=O)[C@H](NC(=O)OCc2ccccc2)CNC(=O)[C@H](C(C)C)N(CC)C(=O)CN(C)C(=O)CNC(=O)[C@@H]2CCCCN2C(=O)[C@H](NC(=O)OC(C)(C)C)CNC(=O)[C@@H]1C(C)C. The standard InChI is InChI=1S/C55H86N12O14/c1-12-64-43(70)31-62(10)42(69)30-59-48(73)40-24-18-20-26-67(40)52(77)38(61-54(79)81-55(7,8)9)28-57-50(75)46(35(5)6)65(13-2)44(71)32-63(11)41(68)29-58-47(72)39-23-17-19-25-66(39)51(76)37(27-56-49(74)45(64)34(3)4)60-53(78)80-33-36-21-15-14-16-22-36/h14-16,21-22,34-35,37-40,45-46H,12-13,17-20,23-33H2,1-11H3,(H,56,74)(H,57,75)(H,58,72)(H,59,73)(H,60,78)(H,61,79)/t37-,38-,39+,40+,45+,46+/m1/s1. The van der Waals surface area contributed by atoms with Crippen molar-refractivity contribution in [1.29, 1.82) is 0 Å². The van der Waals surface area contributed by atoms with Gasteiger partial charge in [-0.15, -0.1) is 0 Å². The van der Waals surface area contributed by atoms with E-state index >= 15 is 0 Å². The molecule has 3 saturated heterocycles. The molecule has 0 bridgehead atoms. The summed E-state index contributed by atoms with van der Waals surface area (Å²) in [7, 11) is 2.69. The maximum Gasteiger partial charge on any atom is 0.408 e. The highest BCUT2D eigenvalue weighted by Gasteiger charge is 2.41. The van der Waals surface area contributed by atoms with Crippen LogP contribution in [-0.2, 0) is 64.0 Å². The summed E-state index contributed by atoms with van der Waals surface area (Å²) in [6.45, 7) is 11.7. The lowest BCUT2D eigenvalue weighted by Crippen LogP contribution is -2.62. The number of fused-ring (bicyclic) bond motifs is 2. The van der Waals surface area contributed by atoms with E-state index in [0.717, 1.165) is 9.80 Å². The molecule has 3 aliphatic rings. The summed E-state index contributed by atoms with van der Waals surface area (Å²) < 4.78 is 10.9. The summed E-state index contributed by atoms with van der Waals surface area (Å²) >= 11 is 0. The maximum atomic E-state index is 14.6. The first-order chi connectivity index (χ1) is 38.2. The van der Waals surface area contributed by atoms with Crippen LogP contribution < -0.4 is 31.9 Å². The topological polar surface area (TPSA) is 315 Å². The zero-order chi connectivity index (χ0) is 60.3. The first kappa shape index (κ1) is 66.0. The molecule has 1 aromatic rings. The molecule has 0 aromatic heterocycles. The Balaban J connectivity index is 1.71. The molecule has 4 rings (SSSR count). The van der Waals surface area contributed by atoms with Crippen LogP contribution in [0.25, 0.3) is 0 Å². The highest BCUT2D eigenvalue weighted by Crippen LogP contribution is 2.22. The fraction of sp³-hybridized carbons (Fsp3) is 0.673. The highest BCUT2D eigenvalue weighted by atomic mass is 16.6. The van der Waals surface area contributed by atoms with Crippen molar-refractivity contribution in [2.75, 3.05) is 79.5 Å². The van der Waals surface area contributed by atoms with Crippen molar-refractivity contribution >= 4 is 71.3 Å². The van der Waals surface area contributed by atoms with Gasteiger partial charge in [0.1, 0.15) is 48.5 Å². The van der Waals surface area contributed by atoms with E-state index in [4.69, 9.17) is 9.47 Å². The van der Waals surface area contributed by atoms with Crippen LogP contribution in [0.3, 0.4) is 0 Å². The van der Waals surface area contributed by atoms with Crippen molar-refractivity contribution in [2.45, 2.75) is 149 Å². The predicted octanol–water partition coefficient (Wildman–Crippen LogP) is 0.0783. The van der Waals surface area contributed by atoms with Crippen molar-refractivity contribution in [3.05, 3.63) is 35.9 Å². The number of amides is 12. The van der Waals surface area contributed by atoms with E-state index in [1.807, 2.05) is 0 Å². The molecule has 0 saturated carbocycles. The number of rotatable bonds is 8. The first-order valence-electron chi connectivity index (χ1n) is 27.9. The number of piperidine rings is 2. The first-order valence-corrected chi connectivity index (χ1v) is 27.9. The van der Waals surface area contributed by atoms with E-state index in [9.17, 15) is 57.5 Å². The normalized spacial score (nSPS) is 24.0. The quantitative estimate of drug-likeness (QED) is 0.201. The monoisotopic (exact) mass is 1140 g/mol. The molecule has 12 amide bonds. The lowest BCUT2D eigenvalue weighted by molar-refractivity contribution is -0.147. The molecular formula is C55H86N12O14. The Labute approximate surface area is 474 Å². The molecular weight excluding hydrogens is 1050 g/mol. The summed E-state index contributed by atoms with van der Waals surface area (Å²) in [6, 6.07) is 1.25. The lowest BCUT2D eigenvalue weighted by Gasteiger charge is -2.38. The van der Waals surface area contributed by atoms with Crippen LogP contribution in [0.15, 0.2) is 30.3 Å². The average molecular weight is 1140 g/mol. The number of likely N-dealkylation sites (N-methyl/N-ethyl adjacent to an activating group) is 4. The van der Waals surface area contributed by atoms with Gasteiger partial charge in [-0.1, -0.05) is 58.0 Å². The van der Waals surface area contributed by atoms with Gasteiger partial charge in [0.15, 0.2) is 0 Å². The van der Waals surface area contributed by atoms with Crippen LogP contribution in [0.2, 0.25) is 0 Å². The molecule has 26 nitrogen and oxygen atoms in total. The number of carbonyl (C=O) groups excluding carboxylic acids is 12. The highest BCUT2D eigenvalue weighted by molar-refractivity contribution is 5.97.